The number of benzene rings is 2. The van der Waals surface area contributed by atoms with Crippen LogP contribution in [0.15, 0.2) is 54.7 Å². The first-order chi connectivity index (χ1) is 11.2. The lowest BCUT2D eigenvalue weighted by molar-refractivity contribution is 0.629. The van der Waals surface area contributed by atoms with Gasteiger partial charge in [0.05, 0.1) is 11.2 Å². The maximum atomic E-state index is 13.2. The average Bonchev–Trinajstić information content (AvgIpc) is 3.02. The molecule has 2 heterocycles. The Labute approximate surface area is 135 Å². The van der Waals surface area contributed by atoms with Gasteiger partial charge in [-0.05, 0) is 36.8 Å². The summed E-state index contributed by atoms with van der Waals surface area (Å²) < 4.78 is 13.2. The van der Waals surface area contributed by atoms with Gasteiger partial charge >= 0.3 is 0 Å². The van der Waals surface area contributed by atoms with Crippen LogP contribution in [0.3, 0.4) is 0 Å². The van der Waals surface area contributed by atoms with Crippen molar-refractivity contribution in [2.24, 2.45) is 0 Å². The number of hydrogen-bond acceptors (Lipinski definition) is 1. The largest absolute Gasteiger partial charge is 0.360 e. The number of fused-ring (bicyclic) bond motifs is 2. The first-order valence-electron chi connectivity index (χ1n) is 7.86. The number of para-hydroxylation sites is 1. The number of nitrogens with zero attached hydrogens (tertiary/aromatic N) is 1. The molecule has 0 unspecified atom stereocenters. The SMILES string of the molecule is CC.Cc1cccc2c(-c3ccc4cc(F)ccc4n3)c[nH]c12. The minimum Gasteiger partial charge on any atom is -0.360 e. The van der Waals surface area contributed by atoms with E-state index in [1.54, 1.807) is 6.07 Å². The van der Waals surface area contributed by atoms with Gasteiger partial charge in [-0.25, -0.2) is 9.37 Å². The van der Waals surface area contributed by atoms with Gasteiger partial charge < -0.3 is 4.98 Å². The molecule has 116 valence electrons. The van der Waals surface area contributed by atoms with Crippen molar-refractivity contribution in [2.45, 2.75) is 20.8 Å². The summed E-state index contributed by atoms with van der Waals surface area (Å²) in [5.74, 6) is -0.236. The van der Waals surface area contributed by atoms with Crippen molar-refractivity contribution < 1.29 is 4.39 Å². The monoisotopic (exact) mass is 306 g/mol. The Morgan fingerprint density at radius 2 is 1.83 bits per heavy atom. The third kappa shape index (κ3) is 2.70. The molecule has 0 bridgehead atoms. The van der Waals surface area contributed by atoms with Crippen LogP contribution in [0.2, 0.25) is 0 Å². The molecule has 23 heavy (non-hydrogen) atoms. The highest BCUT2D eigenvalue weighted by Gasteiger charge is 2.09. The van der Waals surface area contributed by atoms with E-state index in [1.165, 1.54) is 17.7 Å². The summed E-state index contributed by atoms with van der Waals surface area (Å²) in [4.78, 5) is 7.96. The lowest BCUT2D eigenvalue weighted by Gasteiger charge is -2.03. The zero-order valence-corrected chi connectivity index (χ0v) is 13.5. The summed E-state index contributed by atoms with van der Waals surface area (Å²) >= 11 is 0. The molecule has 2 aromatic carbocycles. The lowest BCUT2D eigenvalue weighted by Crippen LogP contribution is -1.85. The van der Waals surface area contributed by atoms with Crippen LogP contribution < -0.4 is 0 Å². The van der Waals surface area contributed by atoms with E-state index in [0.29, 0.717) is 0 Å². The van der Waals surface area contributed by atoms with Crippen molar-refractivity contribution in [1.29, 1.82) is 0 Å². The predicted octanol–water partition coefficient (Wildman–Crippen LogP) is 5.86. The average molecular weight is 306 g/mol. The molecule has 0 atom stereocenters. The van der Waals surface area contributed by atoms with E-state index < -0.39 is 0 Å². The molecule has 0 aliphatic carbocycles. The molecule has 0 saturated heterocycles. The fraction of sp³-hybridized carbons (Fsp3) is 0.150. The van der Waals surface area contributed by atoms with Crippen LogP contribution in [0.25, 0.3) is 33.1 Å². The van der Waals surface area contributed by atoms with Crippen LogP contribution in [-0.4, -0.2) is 9.97 Å². The standard InChI is InChI=1S/C18H13FN2.C2H6/c1-11-3-2-4-14-15(10-20-18(11)14)17-7-5-12-9-13(19)6-8-16(12)21-17;1-2/h2-10,20H,1H3;1-2H3. The fourth-order valence-electron chi connectivity index (χ4n) is 2.76. The van der Waals surface area contributed by atoms with Crippen molar-refractivity contribution >= 4 is 21.8 Å². The van der Waals surface area contributed by atoms with E-state index in [-0.39, 0.29) is 5.82 Å². The highest BCUT2D eigenvalue weighted by Crippen LogP contribution is 2.30. The summed E-state index contributed by atoms with van der Waals surface area (Å²) in [5.41, 5.74) is 5.11. The fourth-order valence-corrected chi connectivity index (χ4v) is 2.76. The van der Waals surface area contributed by atoms with Gasteiger partial charge in [-0.15, -0.1) is 0 Å². The molecular formula is C20H19FN2. The number of nitrogens with one attached hydrogen (secondary N) is 1. The Morgan fingerprint density at radius 3 is 2.65 bits per heavy atom. The van der Waals surface area contributed by atoms with Crippen LogP contribution in [0.1, 0.15) is 19.4 Å². The van der Waals surface area contributed by atoms with Crippen molar-refractivity contribution in [3.05, 3.63) is 66.1 Å². The number of aromatic amines is 1. The van der Waals surface area contributed by atoms with Gasteiger partial charge in [-0.3, -0.25) is 0 Å². The normalized spacial score (nSPS) is 10.6. The summed E-state index contributed by atoms with van der Waals surface area (Å²) in [5, 5.41) is 1.97. The predicted molar refractivity (Wildman–Crippen MR) is 95.1 cm³/mol. The highest BCUT2D eigenvalue weighted by molar-refractivity contribution is 5.97. The molecule has 3 heteroatoms. The van der Waals surface area contributed by atoms with Gasteiger partial charge in [0, 0.05) is 28.0 Å². The number of aryl methyl sites for hydroxylation is 1. The Morgan fingerprint density at radius 1 is 1.00 bits per heavy atom. The summed E-state index contributed by atoms with van der Waals surface area (Å²) in [6.07, 6.45) is 1.98. The second-order valence-electron chi connectivity index (χ2n) is 5.23. The van der Waals surface area contributed by atoms with Crippen LogP contribution in [0.4, 0.5) is 4.39 Å². The number of rotatable bonds is 1. The number of halogens is 1. The van der Waals surface area contributed by atoms with Crippen LogP contribution >= 0.6 is 0 Å². The second kappa shape index (κ2) is 6.21. The van der Waals surface area contributed by atoms with E-state index in [9.17, 15) is 4.39 Å². The van der Waals surface area contributed by atoms with E-state index >= 15 is 0 Å². The molecule has 1 N–H and O–H groups in total. The Balaban J connectivity index is 0.000000753. The van der Waals surface area contributed by atoms with Crippen molar-refractivity contribution in [3.63, 3.8) is 0 Å². The number of pyridine rings is 1. The molecule has 2 aromatic heterocycles. The Bertz CT molecular complexity index is 970. The molecule has 0 aliphatic rings. The van der Waals surface area contributed by atoms with Crippen LogP contribution in [-0.2, 0) is 0 Å². The first kappa shape index (κ1) is 15.2. The van der Waals surface area contributed by atoms with E-state index in [1.807, 2.05) is 38.2 Å². The highest BCUT2D eigenvalue weighted by atomic mass is 19.1. The molecule has 4 aromatic rings. The van der Waals surface area contributed by atoms with Crippen LogP contribution in [0.5, 0.6) is 0 Å². The van der Waals surface area contributed by atoms with Crippen LogP contribution in [0, 0.1) is 12.7 Å². The third-order valence-electron chi connectivity index (χ3n) is 3.85. The molecule has 2 nitrogen and oxygen atoms in total. The molecule has 0 amide bonds. The molecule has 0 aliphatic heterocycles. The number of aromatic nitrogens is 2. The van der Waals surface area contributed by atoms with Gasteiger partial charge in [-0.1, -0.05) is 38.1 Å². The van der Waals surface area contributed by atoms with Crippen molar-refractivity contribution in [1.82, 2.24) is 9.97 Å². The van der Waals surface area contributed by atoms with Gasteiger partial charge in [-0.2, -0.15) is 0 Å². The Kier molecular flexibility index (Phi) is 4.11. The molecule has 0 radical (unpaired) electrons. The zero-order valence-electron chi connectivity index (χ0n) is 13.5. The second-order valence-corrected chi connectivity index (χ2v) is 5.23. The van der Waals surface area contributed by atoms with Crippen molar-refractivity contribution in [3.8, 4) is 11.3 Å². The van der Waals surface area contributed by atoms with Crippen molar-refractivity contribution in [2.75, 3.05) is 0 Å². The molecule has 0 spiro atoms. The van der Waals surface area contributed by atoms with Gasteiger partial charge in [0.15, 0.2) is 0 Å². The minimum absolute atomic E-state index is 0.236. The van der Waals surface area contributed by atoms with Gasteiger partial charge in [0.1, 0.15) is 5.82 Å². The molecule has 0 fully saturated rings. The number of hydrogen-bond donors (Lipinski definition) is 1. The summed E-state index contributed by atoms with van der Waals surface area (Å²) in [6.45, 7) is 6.08. The quantitative estimate of drug-likeness (QED) is 0.469. The topological polar surface area (TPSA) is 28.7 Å². The third-order valence-corrected chi connectivity index (χ3v) is 3.85. The van der Waals surface area contributed by atoms with Gasteiger partial charge in [0.2, 0.25) is 0 Å². The first-order valence-corrected chi connectivity index (χ1v) is 7.86. The van der Waals surface area contributed by atoms with Gasteiger partial charge in [0.25, 0.3) is 0 Å². The summed E-state index contributed by atoms with van der Waals surface area (Å²) in [7, 11) is 0. The Hall–Kier alpha value is -2.68. The maximum Gasteiger partial charge on any atom is 0.123 e. The minimum atomic E-state index is -0.236. The maximum absolute atomic E-state index is 13.2. The lowest BCUT2D eigenvalue weighted by atomic mass is 10.1. The molecule has 4 rings (SSSR count). The molecule has 0 saturated carbocycles. The van der Waals surface area contributed by atoms with E-state index in [0.717, 1.165) is 33.1 Å². The summed E-state index contributed by atoms with van der Waals surface area (Å²) in [6, 6.07) is 14.7. The number of H-pyrrole nitrogens is 1. The smallest absolute Gasteiger partial charge is 0.123 e. The molecular weight excluding hydrogens is 287 g/mol. The van der Waals surface area contributed by atoms with E-state index in [2.05, 4.69) is 29.0 Å². The van der Waals surface area contributed by atoms with E-state index in [4.69, 9.17) is 0 Å². The zero-order chi connectivity index (χ0) is 16.4.